The van der Waals surface area contributed by atoms with Gasteiger partial charge >= 0.3 is 0 Å². The molecule has 28 heavy (non-hydrogen) atoms. The highest BCUT2D eigenvalue weighted by Gasteiger charge is 2.41. The van der Waals surface area contributed by atoms with E-state index in [0.717, 1.165) is 45.4 Å². The number of carbonyl (C=O) groups excluding carboxylic acids is 1. The molecule has 0 atom stereocenters. The zero-order valence-electron chi connectivity index (χ0n) is 16.3. The number of aromatic nitrogens is 3. The topological polar surface area (TPSA) is 51.0 Å². The second kappa shape index (κ2) is 7.17. The smallest absolute Gasteiger partial charge is 0.254 e. The first kappa shape index (κ1) is 18.9. The van der Waals surface area contributed by atoms with E-state index in [1.807, 2.05) is 56.6 Å². The standard InChI is InChI=1S/C22H23BrN4O/c1-15-7-6-10-19(20(15)23)27-14-16(24-25-27)13-26(3)21(28)17-8-4-5-9-18(17)22(2)11-12-22/h4-10,14H,11-13H2,1-3H3. The van der Waals surface area contributed by atoms with Gasteiger partial charge < -0.3 is 4.90 Å². The summed E-state index contributed by atoms with van der Waals surface area (Å²) in [6.07, 6.45) is 4.15. The number of hydrogen-bond acceptors (Lipinski definition) is 3. The van der Waals surface area contributed by atoms with Gasteiger partial charge in [0.1, 0.15) is 5.69 Å². The molecule has 0 bridgehead atoms. The molecule has 1 saturated carbocycles. The Balaban J connectivity index is 1.54. The summed E-state index contributed by atoms with van der Waals surface area (Å²) in [6, 6.07) is 14.0. The molecule has 1 heterocycles. The first-order valence-corrected chi connectivity index (χ1v) is 10.2. The lowest BCUT2D eigenvalue weighted by molar-refractivity contribution is 0.0781. The number of amides is 1. The van der Waals surface area contributed by atoms with E-state index in [0.29, 0.717) is 6.54 Å². The Morgan fingerprint density at radius 3 is 2.71 bits per heavy atom. The molecule has 0 aliphatic heterocycles. The average molecular weight is 439 g/mol. The fraction of sp³-hybridized carbons (Fsp3) is 0.318. The molecule has 1 fully saturated rings. The van der Waals surface area contributed by atoms with Crippen LogP contribution in [0.25, 0.3) is 5.69 Å². The Kier molecular flexibility index (Phi) is 4.83. The van der Waals surface area contributed by atoms with Gasteiger partial charge in [-0.15, -0.1) is 5.10 Å². The maximum atomic E-state index is 13.1. The summed E-state index contributed by atoms with van der Waals surface area (Å²) in [4.78, 5) is 14.8. The van der Waals surface area contributed by atoms with Crippen molar-refractivity contribution < 1.29 is 4.79 Å². The van der Waals surface area contributed by atoms with Crippen molar-refractivity contribution in [3.8, 4) is 5.69 Å². The minimum atomic E-state index is 0.0232. The predicted octanol–water partition coefficient (Wildman–Crippen LogP) is 4.66. The summed E-state index contributed by atoms with van der Waals surface area (Å²) < 4.78 is 2.73. The zero-order chi connectivity index (χ0) is 19.9. The maximum absolute atomic E-state index is 13.1. The highest BCUT2D eigenvalue weighted by atomic mass is 79.9. The Bertz CT molecular complexity index is 1040. The highest BCUT2D eigenvalue weighted by molar-refractivity contribution is 9.10. The molecule has 144 valence electrons. The van der Waals surface area contributed by atoms with Crippen LogP contribution in [0.5, 0.6) is 0 Å². The number of hydrogen-bond donors (Lipinski definition) is 0. The first-order chi connectivity index (χ1) is 13.4. The number of benzene rings is 2. The van der Waals surface area contributed by atoms with Gasteiger partial charge in [-0.2, -0.15) is 0 Å². The van der Waals surface area contributed by atoms with Gasteiger partial charge in [-0.1, -0.05) is 42.5 Å². The summed E-state index contributed by atoms with van der Waals surface area (Å²) in [7, 11) is 1.82. The van der Waals surface area contributed by atoms with Crippen molar-refractivity contribution in [2.75, 3.05) is 7.05 Å². The lowest BCUT2D eigenvalue weighted by atomic mass is 9.92. The van der Waals surface area contributed by atoms with E-state index in [-0.39, 0.29) is 11.3 Å². The van der Waals surface area contributed by atoms with Crippen molar-refractivity contribution in [1.82, 2.24) is 19.9 Å². The molecule has 6 heteroatoms. The molecule has 1 amide bonds. The summed E-state index contributed by atoms with van der Waals surface area (Å²) >= 11 is 3.61. The number of rotatable bonds is 5. The van der Waals surface area contributed by atoms with Crippen LogP contribution < -0.4 is 0 Å². The van der Waals surface area contributed by atoms with E-state index >= 15 is 0 Å². The molecular weight excluding hydrogens is 416 g/mol. The molecule has 0 spiro atoms. The Morgan fingerprint density at radius 1 is 1.21 bits per heavy atom. The van der Waals surface area contributed by atoms with Crippen molar-refractivity contribution in [2.45, 2.75) is 38.6 Å². The summed E-state index contributed by atoms with van der Waals surface area (Å²) in [5.41, 5.74) is 4.90. The van der Waals surface area contributed by atoms with E-state index in [2.05, 4.69) is 39.2 Å². The van der Waals surface area contributed by atoms with E-state index in [1.54, 1.807) is 9.58 Å². The fourth-order valence-electron chi connectivity index (χ4n) is 3.47. The lowest BCUT2D eigenvalue weighted by Gasteiger charge is -2.20. The second-order valence-corrected chi connectivity index (χ2v) is 8.62. The molecular formula is C22H23BrN4O. The van der Waals surface area contributed by atoms with Gasteiger partial charge in [0, 0.05) is 17.1 Å². The van der Waals surface area contributed by atoms with Crippen LogP contribution >= 0.6 is 15.9 Å². The van der Waals surface area contributed by atoms with Crippen LogP contribution in [0, 0.1) is 6.92 Å². The van der Waals surface area contributed by atoms with Gasteiger partial charge in [0.2, 0.25) is 0 Å². The monoisotopic (exact) mass is 438 g/mol. The molecule has 0 unspecified atom stereocenters. The van der Waals surface area contributed by atoms with Crippen molar-refractivity contribution >= 4 is 21.8 Å². The Morgan fingerprint density at radius 2 is 1.96 bits per heavy atom. The van der Waals surface area contributed by atoms with Crippen LogP contribution in [0.4, 0.5) is 0 Å². The number of aryl methyl sites for hydroxylation is 1. The molecule has 2 aromatic carbocycles. The van der Waals surface area contributed by atoms with Crippen molar-refractivity contribution in [2.24, 2.45) is 0 Å². The molecule has 3 aromatic rings. The van der Waals surface area contributed by atoms with Crippen LogP contribution in [-0.2, 0) is 12.0 Å². The third kappa shape index (κ3) is 3.49. The minimum absolute atomic E-state index is 0.0232. The Hall–Kier alpha value is -2.47. The van der Waals surface area contributed by atoms with E-state index in [1.165, 1.54) is 0 Å². The third-order valence-corrected chi connectivity index (χ3v) is 6.54. The van der Waals surface area contributed by atoms with Crippen molar-refractivity contribution in [1.29, 1.82) is 0 Å². The average Bonchev–Trinajstić information content (AvgIpc) is 3.28. The van der Waals surface area contributed by atoms with Crippen LogP contribution in [0.2, 0.25) is 0 Å². The van der Waals surface area contributed by atoms with Gasteiger partial charge in [-0.05, 0) is 64.4 Å². The van der Waals surface area contributed by atoms with Gasteiger partial charge in [-0.25, -0.2) is 4.68 Å². The predicted molar refractivity (Wildman–Crippen MR) is 113 cm³/mol. The zero-order valence-corrected chi connectivity index (χ0v) is 17.9. The van der Waals surface area contributed by atoms with Crippen LogP contribution in [0.1, 0.15) is 46.9 Å². The van der Waals surface area contributed by atoms with Gasteiger partial charge in [0.05, 0.1) is 18.4 Å². The number of nitrogens with zero attached hydrogens (tertiary/aromatic N) is 4. The summed E-state index contributed by atoms with van der Waals surface area (Å²) in [5, 5.41) is 8.50. The molecule has 1 aromatic heterocycles. The second-order valence-electron chi connectivity index (χ2n) is 7.83. The first-order valence-electron chi connectivity index (χ1n) is 9.41. The van der Waals surface area contributed by atoms with Gasteiger partial charge in [0.25, 0.3) is 5.91 Å². The van der Waals surface area contributed by atoms with Crippen LogP contribution in [-0.4, -0.2) is 32.8 Å². The maximum Gasteiger partial charge on any atom is 0.254 e. The van der Waals surface area contributed by atoms with Gasteiger partial charge in [-0.3, -0.25) is 4.79 Å². The SMILES string of the molecule is Cc1cccc(-n2cc(CN(C)C(=O)c3ccccc3C3(C)CC3)nn2)c1Br. The van der Waals surface area contributed by atoms with E-state index < -0.39 is 0 Å². The van der Waals surface area contributed by atoms with E-state index in [9.17, 15) is 4.79 Å². The Labute approximate surface area is 173 Å². The normalized spacial score (nSPS) is 14.7. The minimum Gasteiger partial charge on any atom is -0.336 e. The summed E-state index contributed by atoms with van der Waals surface area (Å²) in [6.45, 7) is 4.67. The number of carbonyl (C=O) groups is 1. The quantitative estimate of drug-likeness (QED) is 0.581. The van der Waals surface area contributed by atoms with Gasteiger partial charge in [0.15, 0.2) is 0 Å². The lowest BCUT2D eigenvalue weighted by Crippen LogP contribution is -2.28. The fourth-order valence-corrected chi connectivity index (χ4v) is 3.92. The van der Waals surface area contributed by atoms with Crippen molar-refractivity contribution in [3.05, 3.63) is 75.5 Å². The molecule has 5 nitrogen and oxygen atoms in total. The number of halogens is 1. The molecule has 4 rings (SSSR count). The highest BCUT2D eigenvalue weighted by Crippen LogP contribution is 2.48. The molecule has 1 aliphatic carbocycles. The largest absolute Gasteiger partial charge is 0.336 e. The molecule has 1 aliphatic rings. The molecule has 0 N–H and O–H groups in total. The molecule has 0 radical (unpaired) electrons. The van der Waals surface area contributed by atoms with Crippen molar-refractivity contribution in [3.63, 3.8) is 0 Å². The third-order valence-electron chi connectivity index (χ3n) is 5.51. The van der Waals surface area contributed by atoms with E-state index in [4.69, 9.17) is 0 Å². The van der Waals surface area contributed by atoms with Crippen LogP contribution in [0.15, 0.2) is 53.1 Å². The van der Waals surface area contributed by atoms with Crippen LogP contribution in [0.3, 0.4) is 0 Å². The summed E-state index contributed by atoms with van der Waals surface area (Å²) in [5.74, 6) is 0.0232. The molecule has 0 saturated heterocycles.